The first kappa shape index (κ1) is 23.5. The third-order valence-electron chi connectivity index (χ3n) is 4.60. The van der Waals surface area contributed by atoms with Crippen molar-refractivity contribution in [3.05, 3.63) is 98.2 Å². The number of nitrogens with one attached hydrogen (secondary N) is 1. The van der Waals surface area contributed by atoms with E-state index in [2.05, 4.69) is 21.2 Å². The number of anilines is 1. The second-order valence-electron chi connectivity index (χ2n) is 6.78. The average Bonchev–Trinajstić information content (AvgIpc) is 2.77. The van der Waals surface area contributed by atoms with Crippen LogP contribution in [0.3, 0.4) is 0 Å². The zero-order chi connectivity index (χ0) is 23.1. The molecule has 1 amide bonds. The number of rotatable bonds is 7. The number of carbonyl (C=O) groups excluding carboxylic acids is 1. The lowest BCUT2D eigenvalue weighted by Gasteiger charge is -2.15. The van der Waals surface area contributed by atoms with Gasteiger partial charge in [-0.25, -0.2) is 4.39 Å². The van der Waals surface area contributed by atoms with Gasteiger partial charge in [-0.15, -0.1) is 0 Å². The Morgan fingerprint density at radius 1 is 1.22 bits per heavy atom. The molecule has 0 unspecified atom stereocenters. The van der Waals surface area contributed by atoms with Crippen LogP contribution in [0.25, 0.3) is 6.08 Å². The van der Waals surface area contributed by atoms with Gasteiger partial charge in [-0.3, -0.25) is 4.79 Å². The zero-order valence-electron chi connectivity index (χ0n) is 17.2. The minimum Gasteiger partial charge on any atom is -0.494 e. The molecule has 32 heavy (non-hydrogen) atoms. The Labute approximate surface area is 199 Å². The molecule has 0 saturated heterocycles. The molecule has 0 fully saturated rings. The fourth-order valence-corrected chi connectivity index (χ4v) is 3.87. The first-order chi connectivity index (χ1) is 15.4. The molecule has 3 aromatic rings. The van der Waals surface area contributed by atoms with Crippen molar-refractivity contribution in [2.45, 2.75) is 13.3 Å². The first-order valence-corrected chi connectivity index (χ1v) is 11.0. The van der Waals surface area contributed by atoms with Gasteiger partial charge in [0.1, 0.15) is 23.2 Å². The number of nitrogens with zero attached hydrogens (tertiary/aromatic N) is 1. The quantitative estimate of drug-likeness (QED) is 0.280. The first-order valence-electron chi connectivity index (χ1n) is 9.79. The summed E-state index contributed by atoms with van der Waals surface area (Å²) >= 11 is 9.89. The Kier molecular flexibility index (Phi) is 8.04. The molecule has 0 atom stereocenters. The van der Waals surface area contributed by atoms with Crippen molar-refractivity contribution in [3.63, 3.8) is 0 Å². The van der Waals surface area contributed by atoms with E-state index >= 15 is 0 Å². The number of hydrogen-bond acceptors (Lipinski definition) is 3. The summed E-state index contributed by atoms with van der Waals surface area (Å²) in [6, 6.07) is 18.8. The van der Waals surface area contributed by atoms with Crippen molar-refractivity contribution in [3.8, 4) is 11.8 Å². The predicted octanol–water partition coefficient (Wildman–Crippen LogP) is 6.78. The van der Waals surface area contributed by atoms with E-state index in [9.17, 15) is 14.4 Å². The number of para-hydroxylation sites is 1. The van der Waals surface area contributed by atoms with Gasteiger partial charge in [0, 0.05) is 21.5 Å². The van der Waals surface area contributed by atoms with Crippen molar-refractivity contribution < 1.29 is 13.9 Å². The van der Waals surface area contributed by atoms with Gasteiger partial charge in [0.15, 0.2) is 0 Å². The molecule has 0 radical (unpaired) electrons. The summed E-state index contributed by atoms with van der Waals surface area (Å²) in [5, 5.41) is 12.6. The lowest BCUT2D eigenvalue weighted by Crippen LogP contribution is -2.14. The Balaban J connectivity index is 1.93. The minimum absolute atomic E-state index is 0.00456. The van der Waals surface area contributed by atoms with E-state index in [-0.39, 0.29) is 11.3 Å². The summed E-state index contributed by atoms with van der Waals surface area (Å²) in [6.07, 6.45) is 1.97. The highest BCUT2D eigenvalue weighted by atomic mass is 79.9. The number of nitriles is 1. The van der Waals surface area contributed by atoms with Crippen LogP contribution in [0.15, 0.2) is 70.7 Å². The summed E-state index contributed by atoms with van der Waals surface area (Å²) in [5.41, 5.74) is 2.27. The SMILES string of the molecule is CCOc1cc(/C=C(\C#N)C(=O)Nc2ccccc2F)cc(Br)c1Cc1ccccc1Cl. The number of halogens is 3. The van der Waals surface area contributed by atoms with E-state index in [4.69, 9.17) is 16.3 Å². The minimum atomic E-state index is -0.702. The van der Waals surface area contributed by atoms with Crippen LogP contribution < -0.4 is 10.1 Å². The number of benzene rings is 3. The molecule has 0 aliphatic heterocycles. The molecule has 0 saturated carbocycles. The molecule has 0 aromatic heterocycles. The fourth-order valence-electron chi connectivity index (χ4n) is 3.07. The van der Waals surface area contributed by atoms with Crippen molar-refractivity contribution in [2.24, 2.45) is 0 Å². The standard InChI is InChI=1S/C25H19BrClFN2O2/c1-2-32-24-13-16(12-20(26)19(24)14-17-7-3-4-8-21(17)27)11-18(15-29)25(31)30-23-10-6-5-9-22(23)28/h3-13H,2,14H2,1H3,(H,30,31)/b18-11+. The van der Waals surface area contributed by atoms with Gasteiger partial charge >= 0.3 is 0 Å². The highest BCUT2D eigenvalue weighted by Crippen LogP contribution is 2.33. The molecule has 3 aromatic carbocycles. The monoisotopic (exact) mass is 512 g/mol. The van der Waals surface area contributed by atoms with Crippen molar-refractivity contribution >= 4 is 45.2 Å². The van der Waals surface area contributed by atoms with Crippen LogP contribution in [0, 0.1) is 17.1 Å². The maximum Gasteiger partial charge on any atom is 0.266 e. The lowest BCUT2D eigenvalue weighted by atomic mass is 10.0. The topological polar surface area (TPSA) is 62.1 Å². The predicted molar refractivity (Wildman–Crippen MR) is 128 cm³/mol. The van der Waals surface area contributed by atoms with E-state index in [1.165, 1.54) is 24.3 Å². The van der Waals surface area contributed by atoms with Crippen LogP contribution in [-0.4, -0.2) is 12.5 Å². The van der Waals surface area contributed by atoms with Crippen molar-refractivity contribution in [1.29, 1.82) is 5.26 Å². The molecule has 4 nitrogen and oxygen atoms in total. The summed E-state index contributed by atoms with van der Waals surface area (Å²) in [5.74, 6) is -0.671. The van der Waals surface area contributed by atoms with Crippen LogP contribution in [-0.2, 0) is 11.2 Å². The van der Waals surface area contributed by atoms with Crippen LogP contribution in [0.2, 0.25) is 5.02 Å². The Morgan fingerprint density at radius 2 is 1.94 bits per heavy atom. The number of hydrogen-bond donors (Lipinski definition) is 1. The summed E-state index contributed by atoms with van der Waals surface area (Å²) in [7, 11) is 0. The Morgan fingerprint density at radius 3 is 2.62 bits per heavy atom. The number of ether oxygens (including phenoxy) is 1. The Hall–Kier alpha value is -3.14. The van der Waals surface area contributed by atoms with Gasteiger partial charge in [-0.2, -0.15) is 5.26 Å². The summed E-state index contributed by atoms with van der Waals surface area (Å²) in [6.45, 7) is 2.31. The normalized spacial score (nSPS) is 11.0. The molecule has 7 heteroatoms. The van der Waals surface area contributed by atoms with E-state index in [0.717, 1.165) is 15.6 Å². The van der Waals surface area contributed by atoms with Gasteiger partial charge in [-0.05, 0) is 54.5 Å². The highest BCUT2D eigenvalue weighted by molar-refractivity contribution is 9.10. The summed E-state index contributed by atoms with van der Waals surface area (Å²) in [4.78, 5) is 12.5. The lowest BCUT2D eigenvalue weighted by molar-refractivity contribution is -0.112. The molecule has 0 bridgehead atoms. The van der Waals surface area contributed by atoms with Crippen LogP contribution >= 0.6 is 27.5 Å². The van der Waals surface area contributed by atoms with Gasteiger partial charge in [0.2, 0.25) is 0 Å². The second-order valence-corrected chi connectivity index (χ2v) is 8.05. The third kappa shape index (κ3) is 5.76. The largest absolute Gasteiger partial charge is 0.494 e. The van der Waals surface area contributed by atoms with Gasteiger partial charge in [0.25, 0.3) is 5.91 Å². The maximum absolute atomic E-state index is 13.8. The molecule has 0 aliphatic rings. The van der Waals surface area contributed by atoms with Crippen molar-refractivity contribution in [2.75, 3.05) is 11.9 Å². The molecule has 162 valence electrons. The number of carbonyl (C=O) groups is 1. The number of amides is 1. The van der Waals surface area contributed by atoms with Crippen LogP contribution in [0.4, 0.5) is 10.1 Å². The van der Waals surface area contributed by atoms with Crippen LogP contribution in [0.1, 0.15) is 23.6 Å². The third-order valence-corrected chi connectivity index (χ3v) is 5.68. The molecule has 1 N–H and O–H groups in total. The zero-order valence-corrected chi connectivity index (χ0v) is 19.5. The second kappa shape index (κ2) is 10.9. The average molecular weight is 514 g/mol. The smallest absolute Gasteiger partial charge is 0.266 e. The molecule has 0 spiro atoms. The Bertz CT molecular complexity index is 1220. The van der Waals surface area contributed by atoms with Gasteiger partial charge in [0.05, 0.1) is 12.3 Å². The van der Waals surface area contributed by atoms with Gasteiger partial charge in [-0.1, -0.05) is 57.9 Å². The fraction of sp³-hybridized carbons (Fsp3) is 0.120. The van der Waals surface area contributed by atoms with E-state index in [1.54, 1.807) is 18.2 Å². The molecule has 3 rings (SSSR count). The van der Waals surface area contributed by atoms with Crippen LogP contribution in [0.5, 0.6) is 5.75 Å². The molecular weight excluding hydrogens is 495 g/mol. The van der Waals surface area contributed by atoms with Gasteiger partial charge < -0.3 is 10.1 Å². The summed E-state index contributed by atoms with van der Waals surface area (Å²) < 4.78 is 20.4. The molecule has 0 heterocycles. The maximum atomic E-state index is 13.8. The van der Waals surface area contributed by atoms with E-state index < -0.39 is 11.7 Å². The van der Waals surface area contributed by atoms with Crippen molar-refractivity contribution in [1.82, 2.24) is 0 Å². The van der Waals surface area contributed by atoms with E-state index in [0.29, 0.717) is 29.4 Å². The van der Waals surface area contributed by atoms with E-state index in [1.807, 2.05) is 37.3 Å². The molecular formula is C25H19BrClFN2O2. The molecule has 0 aliphatic carbocycles. The highest BCUT2D eigenvalue weighted by Gasteiger charge is 2.15.